The average Bonchev–Trinajstić information content (AvgIpc) is 2.74. The maximum Gasteiger partial charge on any atom is 0.335 e. The number of hydrogen-bond donors (Lipinski definition) is 1. The third-order valence-corrected chi connectivity index (χ3v) is 5.79. The van der Waals surface area contributed by atoms with Gasteiger partial charge in [0.1, 0.15) is 11.4 Å². The Hall–Kier alpha value is -3.07. The summed E-state index contributed by atoms with van der Waals surface area (Å²) in [6, 6.07) is 22.1. The summed E-state index contributed by atoms with van der Waals surface area (Å²) in [5.41, 5.74) is 5.86. The van der Waals surface area contributed by atoms with Gasteiger partial charge in [-0.25, -0.2) is 4.79 Å². The molecule has 0 amide bonds. The van der Waals surface area contributed by atoms with E-state index in [9.17, 15) is 9.90 Å². The molecule has 1 heterocycles. The van der Waals surface area contributed by atoms with Gasteiger partial charge in [0, 0.05) is 6.42 Å². The molecular formula is C26H26O3. The smallest absolute Gasteiger partial charge is 0.335 e. The molecule has 3 heteroatoms. The molecule has 0 spiro atoms. The van der Waals surface area contributed by atoms with E-state index >= 15 is 0 Å². The summed E-state index contributed by atoms with van der Waals surface area (Å²) < 4.78 is 6.44. The minimum atomic E-state index is -0.907. The SMILES string of the molecule is CCc1ccc(C[C@]2(C)CCc3cc(-c4cccc(C(=O)O)c4)ccc3O2)cc1. The first-order valence-electron chi connectivity index (χ1n) is 10.2. The van der Waals surface area contributed by atoms with Crippen molar-refractivity contribution in [2.24, 2.45) is 0 Å². The Kier molecular flexibility index (Phi) is 5.14. The summed E-state index contributed by atoms with van der Waals surface area (Å²) in [5.74, 6) is 0.0259. The van der Waals surface area contributed by atoms with Crippen LogP contribution >= 0.6 is 0 Å². The van der Waals surface area contributed by atoms with Gasteiger partial charge in [0.2, 0.25) is 0 Å². The van der Waals surface area contributed by atoms with E-state index in [1.54, 1.807) is 18.2 Å². The molecule has 0 bridgehead atoms. The number of aryl methyl sites for hydroxylation is 2. The first-order chi connectivity index (χ1) is 14.0. The van der Waals surface area contributed by atoms with Crippen molar-refractivity contribution < 1.29 is 14.6 Å². The quantitative estimate of drug-likeness (QED) is 0.590. The summed E-state index contributed by atoms with van der Waals surface area (Å²) in [5, 5.41) is 9.24. The number of fused-ring (bicyclic) bond motifs is 1. The van der Waals surface area contributed by atoms with Crippen LogP contribution in [0.15, 0.2) is 66.7 Å². The van der Waals surface area contributed by atoms with E-state index in [-0.39, 0.29) is 5.60 Å². The van der Waals surface area contributed by atoms with Crippen LogP contribution in [0.3, 0.4) is 0 Å². The predicted molar refractivity (Wildman–Crippen MR) is 116 cm³/mol. The Labute approximate surface area is 172 Å². The number of hydrogen-bond acceptors (Lipinski definition) is 2. The third-order valence-electron chi connectivity index (χ3n) is 5.79. The maximum atomic E-state index is 11.3. The summed E-state index contributed by atoms with van der Waals surface area (Å²) in [7, 11) is 0. The van der Waals surface area contributed by atoms with Crippen LogP contribution in [0, 0.1) is 0 Å². The number of rotatable bonds is 5. The zero-order chi connectivity index (χ0) is 20.4. The molecule has 3 aromatic carbocycles. The van der Waals surface area contributed by atoms with Crippen LogP contribution in [0.5, 0.6) is 5.75 Å². The molecule has 1 aliphatic rings. The average molecular weight is 386 g/mol. The van der Waals surface area contributed by atoms with Crippen molar-refractivity contribution in [2.45, 2.75) is 45.1 Å². The number of carboxylic acids is 1. The lowest BCUT2D eigenvalue weighted by Gasteiger charge is -2.36. The Morgan fingerprint density at radius 2 is 1.72 bits per heavy atom. The second-order valence-corrected chi connectivity index (χ2v) is 8.11. The molecule has 0 radical (unpaired) electrons. The van der Waals surface area contributed by atoms with Gasteiger partial charge in [-0.2, -0.15) is 0 Å². The Bertz CT molecular complexity index is 1040. The molecule has 148 valence electrons. The molecule has 0 unspecified atom stereocenters. The second-order valence-electron chi connectivity index (χ2n) is 8.11. The van der Waals surface area contributed by atoms with Crippen molar-refractivity contribution in [1.82, 2.24) is 0 Å². The van der Waals surface area contributed by atoms with Crippen LogP contribution in [0.25, 0.3) is 11.1 Å². The van der Waals surface area contributed by atoms with Gasteiger partial charge in [-0.05, 0) is 78.3 Å². The molecule has 1 N–H and O–H groups in total. The highest BCUT2D eigenvalue weighted by Crippen LogP contribution is 2.37. The molecule has 3 nitrogen and oxygen atoms in total. The van der Waals surface area contributed by atoms with Crippen LogP contribution in [0.4, 0.5) is 0 Å². The van der Waals surface area contributed by atoms with Gasteiger partial charge in [-0.3, -0.25) is 0 Å². The van der Waals surface area contributed by atoms with Gasteiger partial charge in [-0.15, -0.1) is 0 Å². The summed E-state index contributed by atoms with van der Waals surface area (Å²) in [4.78, 5) is 11.3. The fraction of sp³-hybridized carbons (Fsp3) is 0.269. The number of carbonyl (C=O) groups is 1. The zero-order valence-electron chi connectivity index (χ0n) is 16.9. The lowest BCUT2D eigenvalue weighted by atomic mass is 9.86. The van der Waals surface area contributed by atoms with Crippen molar-refractivity contribution >= 4 is 5.97 Å². The van der Waals surface area contributed by atoms with Gasteiger partial charge in [-0.1, -0.05) is 49.4 Å². The molecule has 29 heavy (non-hydrogen) atoms. The van der Waals surface area contributed by atoms with Crippen LogP contribution < -0.4 is 4.74 Å². The van der Waals surface area contributed by atoms with Gasteiger partial charge >= 0.3 is 5.97 Å². The number of ether oxygens (including phenoxy) is 1. The standard InChI is InChI=1S/C26H26O3/c1-3-18-7-9-19(10-8-18)17-26(2)14-13-22-15-21(11-12-24(22)29-26)20-5-4-6-23(16-20)25(27)28/h4-12,15-16H,3,13-14,17H2,1-2H3,(H,27,28)/t26-/m0/s1. The van der Waals surface area contributed by atoms with E-state index in [1.165, 1.54) is 16.7 Å². The largest absolute Gasteiger partial charge is 0.487 e. The fourth-order valence-corrected chi connectivity index (χ4v) is 4.05. The molecule has 0 aliphatic carbocycles. The molecule has 0 fully saturated rings. The van der Waals surface area contributed by atoms with Crippen LogP contribution in [0.1, 0.15) is 47.3 Å². The van der Waals surface area contributed by atoms with Crippen molar-refractivity contribution in [3.63, 3.8) is 0 Å². The van der Waals surface area contributed by atoms with E-state index in [0.717, 1.165) is 42.6 Å². The van der Waals surface area contributed by atoms with Gasteiger partial charge in [0.25, 0.3) is 0 Å². The molecule has 0 aromatic heterocycles. The molecule has 0 saturated carbocycles. The van der Waals surface area contributed by atoms with Crippen molar-refractivity contribution in [2.75, 3.05) is 0 Å². The van der Waals surface area contributed by atoms with Gasteiger partial charge in [0.15, 0.2) is 0 Å². The predicted octanol–water partition coefficient (Wildman–Crippen LogP) is 5.94. The van der Waals surface area contributed by atoms with E-state index in [4.69, 9.17) is 4.74 Å². The van der Waals surface area contributed by atoms with Crippen LogP contribution in [-0.2, 0) is 19.3 Å². The zero-order valence-corrected chi connectivity index (χ0v) is 16.9. The number of aromatic carboxylic acids is 1. The molecule has 1 atom stereocenters. The second kappa shape index (κ2) is 7.75. The summed E-state index contributed by atoms with van der Waals surface area (Å²) in [6.07, 6.45) is 3.84. The van der Waals surface area contributed by atoms with E-state index in [0.29, 0.717) is 5.56 Å². The van der Waals surface area contributed by atoms with Crippen LogP contribution in [0.2, 0.25) is 0 Å². The van der Waals surface area contributed by atoms with E-state index in [2.05, 4.69) is 44.2 Å². The minimum Gasteiger partial charge on any atom is -0.487 e. The van der Waals surface area contributed by atoms with Gasteiger partial charge < -0.3 is 9.84 Å². The minimum absolute atomic E-state index is 0.217. The molecule has 1 aliphatic heterocycles. The summed E-state index contributed by atoms with van der Waals surface area (Å²) in [6.45, 7) is 4.36. The fourth-order valence-electron chi connectivity index (χ4n) is 4.05. The first kappa shape index (κ1) is 19.3. The topological polar surface area (TPSA) is 46.5 Å². The van der Waals surface area contributed by atoms with Crippen molar-refractivity contribution in [1.29, 1.82) is 0 Å². The van der Waals surface area contributed by atoms with E-state index < -0.39 is 5.97 Å². The van der Waals surface area contributed by atoms with Crippen molar-refractivity contribution in [3.05, 3.63) is 89.0 Å². The van der Waals surface area contributed by atoms with Crippen molar-refractivity contribution in [3.8, 4) is 16.9 Å². The number of benzene rings is 3. The first-order valence-corrected chi connectivity index (χ1v) is 10.2. The molecule has 0 saturated heterocycles. The maximum absolute atomic E-state index is 11.3. The van der Waals surface area contributed by atoms with Gasteiger partial charge in [0.05, 0.1) is 5.56 Å². The highest BCUT2D eigenvalue weighted by Gasteiger charge is 2.32. The molecule has 3 aromatic rings. The normalized spacial score (nSPS) is 18.0. The lowest BCUT2D eigenvalue weighted by Crippen LogP contribution is -2.38. The Morgan fingerprint density at radius 1 is 1.00 bits per heavy atom. The Morgan fingerprint density at radius 3 is 2.45 bits per heavy atom. The number of carboxylic acid groups (broad SMARTS) is 1. The van der Waals surface area contributed by atoms with Crippen LogP contribution in [-0.4, -0.2) is 16.7 Å². The highest BCUT2D eigenvalue weighted by molar-refractivity contribution is 5.89. The Balaban J connectivity index is 1.54. The lowest BCUT2D eigenvalue weighted by molar-refractivity contribution is 0.0653. The van der Waals surface area contributed by atoms with E-state index in [1.807, 2.05) is 18.2 Å². The highest BCUT2D eigenvalue weighted by atomic mass is 16.5. The third kappa shape index (κ3) is 4.19. The molecular weight excluding hydrogens is 360 g/mol. The monoisotopic (exact) mass is 386 g/mol. The summed E-state index contributed by atoms with van der Waals surface area (Å²) >= 11 is 0. The molecule has 4 rings (SSSR count).